The summed E-state index contributed by atoms with van der Waals surface area (Å²) in [4.78, 5) is 15.6. The molecule has 1 aromatic carbocycles. The summed E-state index contributed by atoms with van der Waals surface area (Å²) in [6.07, 6.45) is 0. The molecule has 0 saturated carbocycles. The maximum atomic E-state index is 10.8. The highest BCUT2D eigenvalue weighted by molar-refractivity contribution is 7.99. The Morgan fingerprint density at radius 3 is 2.56 bits per heavy atom. The minimum atomic E-state index is -0.449. The Hall–Kier alpha value is -2.08. The number of nitro groups is 1. The van der Waals surface area contributed by atoms with Gasteiger partial charge < -0.3 is 5.32 Å². The van der Waals surface area contributed by atoms with E-state index in [1.165, 1.54) is 17.8 Å². The van der Waals surface area contributed by atoms with Gasteiger partial charge in [-0.2, -0.15) is 0 Å². The molecule has 92 valence electrons. The zero-order chi connectivity index (χ0) is 13.0. The van der Waals surface area contributed by atoms with E-state index >= 15 is 0 Å². The molecule has 2 aromatic rings. The Labute approximate surface area is 108 Å². The lowest BCUT2D eigenvalue weighted by Gasteiger charge is -2.04. The first-order chi connectivity index (χ1) is 8.70. The van der Waals surface area contributed by atoms with Crippen LogP contribution in [-0.4, -0.2) is 17.0 Å². The second-order valence-electron chi connectivity index (χ2n) is 3.44. The van der Waals surface area contributed by atoms with Gasteiger partial charge in [0.15, 0.2) is 0 Å². The number of aromatic nitrogens is 1. The van der Waals surface area contributed by atoms with Gasteiger partial charge >= 0.3 is 5.69 Å². The molecule has 1 N–H and O–H groups in total. The molecule has 0 atom stereocenters. The van der Waals surface area contributed by atoms with Crippen LogP contribution in [0.25, 0.3) is 0 Å². The summed E-state index contributed by atoms with van der Waals surface area (Å²) in [7, 11) is 1.62. The van der Waals surface area contributed by atoms with Crippen LogP contribution in [0, 0.1) is 10.1 Å². The summed E-state index contributed by atoms with van der Waals surface area (Å²) in [6, 6.07) is 12.9. The van der Waals surface area contributed by atoms with Crippen molar-refractivity contribution in [3.05, 3.63) is 52.6 Å². The molecule has 0 bridgehead atoms. The van der Waals surface area contributed by atoms with Gasteiger partial charge in [0.2, 0.25) is 5.82 Å². The van der Waals surface area contributed by atoms with Crippen molar-refractivity contribution in [1.29, 1.82) is 0 Å². The van der Waals surface area contributed by atoms with Gasteiger partial charge in [-0.3, -0.25) is 10.1 Å². The van der Waals surface area contributed by atoms with Crippen molar-refractivity contribution in [2.24, 2.45) is 0 Å². The molecule has 0 amide bonds. The molecular formula is C12H11N3O2S. The van der Waals surface area contributed by atoms with Gasteiger partial charge in [-0.05, 0) is 18.2 Å². The largest absolute Gasteiger partial charge is 0.367 e. The molecule has 6 heteroatoms. The highest BCUT2D eigenvalue weighted by Gasteiger charge is 2.14. The third kappa shape index (κ3) is 2.78. The van der Waals surface area contributed by atoms with Gasteiger partial charge in [-0.15, -0.1) is 0 Å². The molecule has 1 heterocycles. The van der Waals surface area contributed by atoms with Gasteiger partial charge in [-0.1, -0.05) is 30.0 Å². The predicted molar refractivity (Wildman–Crippen MR) is 71.0 cm³/mol. The Morgan fingerprint density at radius 2 is 1.94 bits per heavy atom. The van der Waals surface area contributed by atoms with Gasteiger partial charge in [0, 0.05) is 18.0 Å². The van der Waals surface area contributed by atoms with E-state index in [1.54, 1.807) is 13.1 Å². The molecule has 0 aliphatic rings. The van der Waals surface area contributed by atoms with Crippen LogP contribution in [0.5, 0.6) is 0 Å². The molecule has 0 fully saturated rings. The van der Waals surface area contributed by atoms with Crippen molar-refractivity contribution in [3.8, 4) is 0 Å². The van der Waals surface area contributed by atoms with Crippen LogP contribution in [0.1, 0.15) is 0 Å². The number of anilines is 1. The van der Waals surface area contributed by atoms with Gasteiger partial charge in [0.05, 0.1) is 4.92 Å². The monoisotopic (exact) mass is 261 g/mol. The number of rotatable bonds is 4. The summed E-state index contributed by atoms with van der Waals surface area (Å²) in [5, 5.41) is 14.2. The number of hydrogen-bond donors (Lipinski definition) is 1. The summed E-state index contributed by atoms with van der Waals surface area (Å²) in [5.74, 6) is 0.279. The smallest absolute Gasteiger partial charge is 0.311 e. The summed E-state index contributed by atoms with van der Waals surface area (Å²) < 4.78 is 0. The lowest BCUT2D eigenvalue weighted by Crippen LogP contribution is -1.99. The first kappa shape index (κ1) is 12.4. The first-order valence-electron chi connectivity index (χ1n) is 5.27. The van der Waals surface area contributed by atoms with Crippen LogP contribution in [0.4, 0.5) is 11.5 Å². The van der Waals surface area contributed by atoms with Crippen molar-refractivity contribution in [2.75, 3.05) is 12.4 Å². The average molecular weight is 261 g/mol. The van der Waals surface area contributed by atoms with Crippen LogP contribution in [-0.2, 0) is 0 Å². The van der Waals surface area contributed by atoms with Crippen molar-refractivity contribution < 1.29 is 4.92 Å². The third-order valence-corrected chi connectivity index (χ3v) is 3.19. The molecule has 0 unspecified atom stereocenters. The van der Waals surface area contributed by atoms with E-state index in [-0.39, 0.29) is 11.5 Å². The number of nitrogens with one attached hydrogen (secondary N) is 1. The highest BCUT2D eigenvalue weighted by atomic mass is 32.2. The predicted octanol–water partition coefficient (Wildman–Crippen LogP) is 3.18. The number of nitrogens with zero attached hydrogens (tertiary/aromatic N) is 2. The van der Waals surface area contributed by atoms with E-state index in [9.17, 15) is 10.1 Å². The number of hydrogen-bond acceptors (Lipinski definition) is 5. The van der Waals surface area contributed by atoms with E-state index in [4.69, 9.17) is 0 Å². The molecule has 1 aromatic heterocycles. The van der Waals surface area contributed by atoms with E-state index in [1.807, 2.05) is 30.3 Å². The van der Waals surface area contributed by atoms with Crippen molar-refractivity contribution in [1.82, 2.24) is 4.98 Å². The van der Waals surface area contributed by atoms with Gasteiger partial charge in [-0.25, -0.2) is 4.98 Å². The molecule has 0 radical (unpaired) electrons. The van der Waals surface area contributed by atoms with Crippen LogP contribution in [0.15, 0.2) is 52.4 Å². The zero-order valence-electron chi connectivity index (χ0n) is 9.66. The third-order valence-electron chi connectivity index (χ3n) is 2.25. The molecular weight excluding hydrogens is 250 g/mol. The van der Waals surface area contributed by atoms with Gasteiger partial charge in [0.25, 0.3) is 0 Å². The SMILES string of the molecule is CNc1nc(Sc2ccccc2)ccc1[N+](=O)[O-]. The van der Waals surface area contributed by atoms with Crippen LogP contribution in [0.3, 0.4) is 0 Å². The molecule has 0 saturated heterocycles. The topological polar surface area (TPSA) is 68.1 Å². The van der Waals surface area contributed by atoms with E-state index < -0.39 is 4.92 Å². The van der Waals surface area contributed by atoms with E-state index in [2.05, 4.69) is 10.3 Å². The van der Waals surface area contributed by atoms with Crippen LogP contribution >= 0.6 is 11.8 Å². The maximum absolute atomic E-state index is 10.8. The average Bonchev–Trinajstić information content (AvgIpc) is 2.39. The maximum Gasteiger partial charge on any atom is 0.311 e. The Balaban J connectivity index is 2.28. The lowest BCUT2D eigenvalue weighted by molar-refractivity contribution is -0.384. The minimum Gasteiger partial charge on any atom is -0.367 e. The molecule has 0 aliphatic carbocycles. The normalized spacial score (nSPS) is 10.1. The first-order valence-corrected chi connectivity index (χ1v) is 6.08. The Bertz CT molecular complexity index is 561. The molecule has 0 aliphatic heterocycles. The fourth-order valence-electron chi connectivity index (χ4n) is 1.43. The second-order valence-corrected chi connectivity index (χ2v) is 4.53. The Morgan fingerprint density at radius 1 is 1.22 bits per heavy atom. The quantitative estimate of drug-likeness (QED) is 0.676. The summed E-state index contributed by atoms with van der Waals surface area (Å²) >= 11 is 1.46. The molecule has 2 rings (SSSR count). The fraction of sp³-hybridized carbons (Fsp3) is 0.0833. The standard InChI is InChI=1S/C12H11N3O2S/c1-13-12-10(15(16)17)7-8-11(14-12)18-9-5-3-2-4-6-9/h2-8H,1H3,(H,13,14). The van der Waals surface area contributed by atoms with Crippen molar-refractivity contribution in [3.63, 3.8) is 0 Å². The summed E-state index contributed by atoms with van der Waals surface area (Å²) in [5.41, 5.74) is -0.0186. The summed E-state index contributed by atoms with van der Waals surface area (Å²) in [6.45, 7) is 0. The fourth-order valence-corrected chi connectivity index (χ4v) is 2.24. The zero-order valence-corrected chi connectivity index (χ0v) is 10.5. The van der Waals surface area contributed by atoms with Crippen LogP contribution in [0.2, 0.25) is 0 Å². The number of pyridine rings is 1. The lowest BCUT2D eigenvalue weighted by atomic mass is 10.4. The minimum absolute atomic E-state index is 0.0186. The van der Waals surface area contributed by atoms with Crippen molar-refractivity contribution in [2.45, 2.75) is 9.92 Å². The van der Waals surface area contributed by atoms with Crippen LogP contribution < -0.4 is 5.32 Å². The molecule has 0 spiro atoms. The second kappa shape index (κ2) is 5.50. The highest BCUT2D eigenvalue weighted by Crippen LogP contribution is 2.30. The molecule has 5 nitrogen and oxygen atoms in total. The Kier molecular flexibility index (Phi) is 3.78. The van der Waals surface area contributed by atoms with Gasteiger partial charge in [0.1, 0.15) is 5.03 Å². The number of benzene rings is 1. The molecule has 18 heavy (non-hydrogen) atoms. The van der Waals surface area contributed by atoms with E-state index in [0.717, 1.165) is 9.92 Å². The van der Waals surface area contributed by atoms with Crippen molar-refractivity contribution >= 4 is 23.3 Å². The van der Waals surface area contributed by atoms with E-state index in [0.29, 0.717) is 0 Å².